The van der Waals surface area contributed by atoms with E-state index in [-0.39, 0.29) is 17.6 Å². The van der Waals surface area contributed by atoms with Crippen LogP contribution in [0.1, 0.15) is 13.8 Å². The van der Waals surface area contributed by atoms with Crippen molar-refractivity contribution in [2.45, 2.75) is 20.4 Å². The molecule has 7 nitrogen and oxygen atoms in total. The highest BCUT2D eigenvalue weighted by Crippen LogP contribution is 2.01. The number of carbonyl (C=O) groups is 2. The molecular weight excluding hydrogens is 226 g/mol. The number of nitrogens with zero attached hydrogens (tertiary/aromatic N) is 2. The first kappa shape index (κ1) is 12.9. The average molecular weight is 239 g/mol. The molecule has 0 spiro atoms. The van der Waals surface area contributed by atoms with Crippen molar-refractivity contribution in [3.8, 4) is 0 Å². The number of aliphatic carboxylic acids is 1. The van der Waals surface area contributed by atoms with Gasteiger partial charge in [-0.15, -0.1) is 0 Å². The lowest BCUT2D eigenvalue weighted by Crippen LogP contribution is -2.28. The largest absolute Gasteiger partial charge is 0.480 e. The van der Waals surface area contributed by atoms with Gasteiger partial charge in [0.25, 0.3) is 0 Å². The summed E-state index contributed by atoms with van der Waals surface area (Å²) in [6.45, 7) is 2.96. The monoisotopic (exact) mass is 239 g/mol. The van der Waals surface area contributed by atoms with E-state index in [2.05, 4.69) is 10.3 Å². The molecule has 17 heavy (non-hydrogen) atoms. The van der Waals surface area contributed by atoms with Gasteiger partial charge >= 0.3 is 11.7 Å². The fourth-order valence-electron chi connectivity index (χ4n) is 1.04. The van der Waals surface area contributed by atoms with Crippen LogP contribution >= 0.6 is 0 Å². The Morgan fingerprint density at radius 2 is 2.18 bits per heavy atom. The minimum Gasteiger partial charge on any atom is -0.480 e. The van der Waals surface area contributed by atoms with Crippen LogP contribution in [-0.2, 0) is 16.1 Å². The van der Waals surface area contributed by atoms with E-state index >= 15 is 0 Å². The third-order valence-corrected chi connectivity index (χ3v) is 1.96. The molecule has 2 N–H and O–H groups in total. The van der Waals surface area contributed by atoms with Crippen LogP contribution in [0.25, 0.3) is 0 Å². The van der Waals surface area contributed by atoms with Gasteiger partial charge in [-0.1, -0.05) is 13.8 Å². The van der Waals surface area contributed by atoms with Crippen LogP contribution in [0.2, 0.25) is 0 Å². The van der Waals surface area contributed by atoms with Crippen LogP contribution in [0.3, 0.4) is 0 Å². The third kappa shape index (κ3) is 3.71. The number of carboxylic acids is 1. The molecule has 0 aromatic carbocycles. The Morgan fingerprint density at radius 3 is 2.65 bits per heavy atom. The zero-order valence-corrected chi connectivity index (χ0v) is 9.51. The number of carbonyl (C=O) groups excluding carboxylic acids is 1. The molecule has 1 aromatic heterocycles. The molecule has 0 radical (unpaired) electrons. The summed E-state index contributed by atoms with van der Waals surface area (Å²) in [4.78, 5) is 36.7. The lowest BCUT2D eigenvalue weighted by molar-refractivity contribution is -0.137. The van der Waals surface area contributed by atoms with Crippen molar-refractivity contribution in [2.75, 3.05) is 5.32 Å². The predicted molar refractivity (Wildman–Crippen MR) is 59.6 cm³/mol. The van der Waals surface area contributed by atoms with Crippen LogP contribution in [-0.4, -0.2) is 26.5 Å². The van der Waals surface area contributed by atoms with Crippen LogP contribution in [0.5, 0.6) is 0 Å². The van der Waals surface area contributed by atoms with E-state index in [9.17, 15) is 14.4 Å². The summed E-state index contributed by atoms with van der Waals surface area (Å²) in [5, 5.41) is 11.0. The van der Waals surface area contributed by atoms with Crippen molar-refractivity contribution in [3.05, 3.63) is 22.7 Å². The first-order valence-electron chi connectivity index (χ1n) is 5.00. The van der Waals surface area contributed by atoms with Crippen molar-refractivity contribution in [1.82, 2.24) is 9.55 Å². The van der Waals surface area contributed by atoms with Gasteiger partial charge in [-0.25, -0.2) is 4.79 Å². The van der Waals surface area contributed by atoms with Gasteiger partial charge in [0.05, 0.1) is 0 Å². The molecule has 0 fully saturated rings. The smallest absolute Gasteiger partial charge is 0.350 e. The van der Waals surface area contributed by atoms with Crippen molar-refractivity contribution < 1.29 is 14.7 Å². The third-order valence-electron chi connectivity index (χ3n) is 1.96. The summed E-state index contributed by atoms with van der Waals surface area (Å²) in [6, 6.07) is 1.38. The normalized spacial score (nSPS) is 10.3. The SMILES string of the molecule is CC(C)C(=O)Nc1ccn(CC(=O)O)c(=O)n1. The number of carboxylic acid groups (broad SMARTS) is 1. The molecular formula is C10H13N3O4. The second-order valence-corrected chi connectivity index (χ2v) is 3.76. The van der Waals surface area contributed by atoms with Crippen LogP contribution in [0.4, 0.5) is 5.82 Å². The molecule has 0 saturated heterocycles. The van der Waals surface area contributed by atoms with Crippen LogP contribution in [0.15, 0.2) is 17.1 Å². The van der Waals surface area contributed by atoms with Gasteiger partial charge < -0.3 is 10.4 Å². The molecule has 0 atom stereocenters. The van der Waals surface area contributed by atoms with Crippen molar-refractivity contribution in [1.29, 1.82) is 0 Å². The Hall–Kier alpha value is -2.18. The molecule has 0 aliphatic rings. The summed E-state index contributed by atoms with van der Waals surface area (Å²) < 4.78 is 0.938. The molecule has 0 aliphatic heterocycles. The highest BCUT2D eigenvalue weighted by Gasteiger charge is 2.09. The fourth-order valence-corrected chi connectivity index (χ4v) is 1.04. The average Bonchev–Trinajstić information content (AvgIpc) is 2.21. The highest BCUT2D eigenvalue weighted by molar-refractivity contribution is 5.91. The molecule has 1 heterocycles. The van der Waals surface area contributed by atoms with E-state index in [1.807, 2.05) is 0 Å². The highest BCUT2D eigenvalue weighted by atomic mass is 16.4. The summed E-state index contributed by atoms with van der Waals surface area (Å²) >= 11 is 0. The first-order valence-corrected chi connectivity index (χ1v) is 5.00. The van der Waals surface area contributed by atoms with E-state index < -0.39 is 18.2 Å². The molecule has 0 unspecified atom stereocenters. The predicted octanol–water partition coefficient (Wildman–Crippen LogP) is -0.0776. The Bertz CT molecular complexity index is 493. The van der Waals surface area contributed by atoms with Gasteiger partial charge in [0.1, 0.15) is 12.4 Å². The van der Waals surface area contributed by atoms with Crippen LogP contribution < -0.4 is 11.0 Å². The van der Waals surface area contributed by atoms with E-state index in [1.165, 1.54) is 12.3 Å². The maximum atomic E-state index is 11.4. The van der Waals surface area contributed by atoms with Gasteiger partial charge in [-0.3, -0.25) is 14.2 Å². The van der Waals surface area contributed by atoms with Gasteiger partial charge in [-0.2, -0.15) is 4.98 Å². The lowest BCUT2D eigenvalue weighted by Gasteiger charge is -2.07. The van der Waals surface area contributed by atoms with Crippen molar-refractivity contribution >= 4 is 17.7 Å². The second kappa shape index (κ2) is 5.24. The Balaban J connectivity index is 2.86. The van der Waals surface area contributed by atoms with Gasteiger partial charge in [0.2, 0.25) is 5.91 Å². The number of aromatic nitrogens is 2. The maximum absolute atomic E-state index is 11.4. The number of hydrogen-bond donors (Lipinski definition) is 2. The fraction of sp³-hybridized carbons (Fsp3) is 0.400. The first-order chi connectivity index (χ1) is 7.90. The van der Waals surface area contributed by atoms with Gasteiger partial charge in [0, 0.05) is 12.1 Å². The molecule has 0 aliphatic carbocycles. The number of rotatable bonds is 4. The molecule has 1 rings (SSSR count). The lowest BCUT2D eigenvalue weighted by atomic mass is 10.2. The topological polar surface area (TPSA) is 101 Å². The number of hydrogen-bond acceptors (Lipinski definition) is 4. The minimum absolute atomic E-state index is 0.121. The standard InChI is InChI=1S/C10H13N3O4/c1-6(2)9(16)11-7-3-4-13(5-8(14)15)10(17)12-7/h3-4,6H,5H2,1-2H3,(H,14,15)(H,11,12,16,17). The zero-order chi connectivity index (χ0) is 13.0. The van der Waals surface area contributed by atoms with E-state index in [4.69, 9.17) is 5.11 Å². The molecule has 92 valence electrons. The van der Waals surface area contributed by atoms with Gasteiger partial charge in [-0.05, 0) is 6.07 Å². The van der Waals surface area contributed by atoms with E-state index in [1.54, 1.807) is 13.8 Å². The Morgan fingerprint density at radius 1 is 1.53 bits per heavy atom. The second-order valence-electron chi connectivity index (χ2n) is 3.76. The summed E-state index contributed by atoms with van der Waals surface area (Å²) in [6.07, 6.45) is 1.28. The number of anilines is 1. The molecule has 1 amide bonds. The summed E-state index contributed by atoms with van der Waals surface area (Å²) in [5.41, 5.74) is -0.714. The maximum Gasteiger partial charge on any atom is 0.350 e. The molecule has 7 heteroatoms. The minimum atomic E-state index is -1.13. The number of nitrogens with one attached hydrogen (secondary N) is 1. The molecule has 0 bridgehead atoms. The van der Waals surface area contributed by atoms with E-state index in [0.29, 0.717) is 0 Å². The number of amides is 1. The Kier molecular flexibility index (Phi) is 3.97. The summed E-state index contributed by atoms with van der Waals surface area (Å²) in [7, 11) is 0. The summed E-state index contributed by atoms with van der Waals surface area (Å²) in [5.74, 6) is -1.49. The Labute approximate surface area is 97.1 Å². The van der Waals surface area contributed by atoms with Crippen molar-refractivity contribution in [2.24, 2.45) is 5.92 Å². The van der Waals surface area contributed by atoms with Gasteiger partial charge in [0.15, 0.2) is 0 Å². The molecule has 1 aromatic rings. The zero-order valence-electron chi connectivity index (χ0n) is 9.51. The van der Waals surface area contributed by atoms with Crippen LogP contribution in [0, 0.1) is 5.92 Å². The molecule has 0 saturated carbocycles. The van der Waals surface area contributed by atoms with E-state index in [0.717, 1.165) is 4.57 Å². The quantitative estimate of drug-likeness (QED) is 0.765. The van der Waals surface area contributed by atoms with Crippen molar-refractivity contribution in [3.63, 3.8) is 0 Å².